The topological polar surface area (TPSA) is 26.3 Å². The van der Waals surface area contributed by atoms with E-state index in [9.17, 15) is 4.79 Å². The van der Waals surface area contributed by atoms with Crippen LogP contribution in [0.3, 0.4) is 0 Å². The Morgan fingerprint density at radius 1 is 1.67 bits per heavy atom. The van der Waals surface area contributed by atoms with Gasteiger partial charge in [0.2, 0.25) is 0 Å². The number of halogens is 2. The summed E-state index contributed by atoms with van der Waals surface area (Å²) in [6, 6.07) is 0. The van der Waals surface area contributed by atoms with E-state index in [2.05, 4.69) is 0 Å². The Kier molecular flexibility index (Phi) is 3.41. The first-order valence-electron chi connectivity index (χ1n) is 3.86. The van der Waals surface area contributed by atoms with Crippen LogP contribution in [0.4, 0.5) is 0 Å². The normalized spacial score (nSPS) is 24.6. The fraction of sp³-hybridized carbons (Fsp3) is 0.625. The molecule has 0 radical (unpaired) electrons. The fourth-order valence-corrected chi connectivity index (χ4v) is 1.64. The van der Waals surface area contributed by atoms with Crippen LogP contribution in [0.1, 0.15) is 19.8 Å². The number of Topliss-reactive ketones (excluding diaryl/α,β-unsaturated/α-hetero) is 1. The van der Waals surface area contributed by atoms with Crippen LogP contribution in [-0.2, 0) is 9.53 Å². The van der Waals surface area contributed by atoms with Crippen LogP contribution in [0.15, 0.2) is 10.8 Å². The Morgan fingerprint density at radius 2 is 2.33 bits per heavy atom. The zero-order valence-corrected chi connectivity index (χ0v) is 8.28. The van der Waals surface area contributed by atoms with Crippen molar-refractivity contribution >= 4 is 29.0 Å². The van der Waals surface area contributed by atoms with Crippen molar-refractivity contribution in [2.75, 3.05) is 6.61 Å². The number of rotatable bonds is 2. The van der Waals surface area contributed by atoms with Crippen LogP contribution in [0.5, 0.6) is 0 Å². The SMILES string of the molecule is CCOC1=C(Cl)C(=O)[C@@H](Cl)CC1. The first-order chi connectivity index (χ1) is 5.66. The molecule has 0 aromatic heterocycles. The highest BCUT2D eigenvalue weighted by Crippen LogP contribution is 2.28. The molecule has 0 N–H and O–H groups in total. The van der Waals surface area contributed by atoms with Gasteiger partial charge in [-0.15, -0.1) is 11.6 Å². The molecule has 0 saturated heterocycles. The van der Waals surface area contributed by atoms with Gasteiger partial charge in [-0.25, -0.2) is 0 Å². The summed E-state index contributed by atoms with van der Waals surface area (Å²) in [5.41, 5.74) is 0. The molecule has 0 aromatic carbocycles. The Balaban J connectivity index is 2.78. The van der Waals surface area contributed by atoms with Gasteiger partial charge in [0.05, 0.1) is 12.0 Å². The van der Waals surface area contributed by atoms with Crippen molar-refractivity contribution in [1.29, 1.82) is 0 Å². The van der Waals surface area contributed by atoms with Gasteiger partial charge in [-0.05, 0) is 13.3 Å². The molecule has 0 heterocycles. The van der Waals surface area contributed by atoms with Crippen molar-refractivity contribution in [2.45, 2.75) is 25.1 Å². The maximum Gasteiger partial charge on any atom is 0.195 e. The van der Waals surface area contributed by atoms with E-state index in [-0.39, 0.29) is 10.8 Å². The predicted molar refractivity (Wildman–Crippen MR) is 48.4 cm³/mol. The number of hydrogen-bond acceptors (Lipinski definition) is 2. The third-order valence-corrected chi connectivity index (χ3v) is 2.50. The Bertz CT molecular complexity index is 223. The van der Waals surface area contributed by atoms with Gasteiger partial charge in [-0.3, -0.25) is 4.79 Å². The standard InChI is InChI=1S/C8H10Cl2O2/c1-2-12-6-4-3-5(9)8(11)7(6)10/h5H,2-4H2,1H3/t5-/m0/s1. The molecule has 1 aliphatic rings. The van der Waals surface area contributed by atoms with Gasteiger partial charge < -0.3 is 4.74 Å². The minimum atomic E-state index is -0.471. The van der Waals surface area contributed by atoms with Gasteiger partial charge in [0.25, 0.3) is 0 Å². The van der Waals surface area contributed by atoms with Gasteiger partial charge in [-0.2, -0.15) is 0 Å². The highest BCUT2D eigenvalue weighted by molar-refractivity contribution is 6.48. The highest BCUT2D eigenvalue weighted by Gasteiger charge is 2.27. The van der Waals surface area contributed by atoms with Gasteiger partial charge in [0, 0.05) is 6.42 Å². The van der Waals surface area contributed by atoms with Crippen LogP contribution in [0.25, 0.3) is 0 Å². The Morgan fingerprint density at radius 3 is 2.92 bits per heavy atom. The van der Waals surface area contributed by atoms with Crippen LogP contribution < -0.4 is 0 Å². The van der Waals surface area contributed by atoms with Crippen molar-refractivity contribution in [3.63, 3.8) is 0 Å². The summed E-state index contributed by atoms with van der Waals surface area (Å²) < 4.78 is 5.18. The summed E-state index contributed by atoms with van der Waals surface area (Å²) in [4.78, 5) is 11.2. The smallest absolute Gasteiger partial charge is 0.195 e. The molecule has 0 fully saturated rings. The maximum absolute atomic E-state index is 11.2. The maximum atomic E-state index is 11.2. The Labute approximate surface area is 81.5 Å². The molecule has 12 heavy (non-hydrogen) atoms. The third-order valence-electron chi connectivity index (χ3n) is 1.69. The van der Waals surface area contributed by atoms with E-state index in [4.69, 9.17) is 27.9 Å². The average Bonchev–Trinajstić information content (AvgIpc) is 2.07. The first-order valence-corrected chi connectivity index (χ1v) is 4.68. The van der Waals surface area contributed by atoms with Crippen LogP contribution >= 0.6 is 23.2 Å². The van der Waals surface area contributed by atoms with Gasteiger partial charge in [0.15, 0.2) is 5.78 Å². The molecule has 1 atom stereocenters. The second kappa shape index (κ2) is 4.15. The Hall–Kier alpha value is -0.210. The molecule has 0 aromatic rings. The molecule has 1 aliphatic carbocycles. The van der Waals surface area contributed by atoms with Crippen LogP contribution in [0.2, 0.25) is 0 Å². The van der Waals surface area contributed by atoms with Crippen LogP contribution in [0, 0.1) is 0 Å². The molecule has 68 valence electrons. The molecule has 4 heteroatoms. The molecule has 1 rings (SSSR count). The molecular formula is C8H10Cl2O2. The second-order valence-corrected chi connectivity index (χ2v) is 3.45. The number of ketones is 1. The monoisotopic (exact) mass is 208 g/mol. The second-order valence-electron chi connectivity index (χ2n) is 2.54. The van der Waals surface area contributed by atoms with E-state index in [0.717, 1.165) is 0 Å². The molecule has 0 spiro atoms. The molecule has 2 nitrogen and oxygen atoms in total. The van der Waals surface area contributed by atoms with Crippen molar-refractivity contribution in [1.82, 2.24) is 0 Å². The molecule has 0 aliphatic heterocycles. The van der Waals surface area contributed by atoms with Gasteiger partial charge in [0.1, 0.15) is 10.8 Å². The molecule has 0 saturated carbocycles. The van der Waals surface area contributed by atoms with Crippen molar-refractivity contribution in [2.24, 2.45) is 0 Å². The number of alkyl halides is 1. The summed E-state index contributed by atoms with van der Waals surface area (Å²) >= 11 is 11.4. The van der Waals surface area contributed by atoms with E-state index >= 15 is 0 Å². The largest absolute Gasteiger partial charge is 0.497 e. The number of ether oxygens (including phenoxy) is 1. The molecular weight excluding hydrogens is 199 g/mol. The lowest BCUT2D eigenvalue weighted by Gasteiger charge is -2.18. The lowest BCUT2D eigenvalue weighted by molar-refractivity contribution is -0.115. The first kappa shape index (κ1) is 9.87. The minimum Gasteiger partial charge on any atom is -0.497 e. The third kappa shape index (κ3) is 1.93. The fourth-order valence-electron chi connectivity index (χ4n) is 1.08. The molecule has 0 amide bonds. The van der Waals surface area contributed by atoms with Crippen molar-refractivity contribution in [3.8, 4) is 0 Å². The van der Waals surface area contributed by atoms with Gasteiger partial charge in [-0.1, -0.05) is 11.6 Å². The average molecular weight is 209 g/mol. The van der Waals surface area contributed by atoms with E-state index in [1.807, 2.05) is 6.92 Å². The lowest BCUT2D eigenvalue weighted by Crippen LogP contribution is -2.21. The number of carbonyl (C=O) groups is 1. The van der Waals surface area contributed by atoms with Crippen LogP contribution in [-0.4, -0.2) is 17.8 Å². The number of hydrogen-bond donors (Lipinski definition) is 0. The highest BCUT2D eigenvalue weighted by atomic mass is 35.5. The van der Waals surface area contributed by atoms with E-state index < -0.39 is 5.38 Å². The van der Waals surface area contributed by atoms with Gasteiger partial charge >= 0.3 is 0 Å². The predicted octanol–water partition coefficient (Wildman–Crippen LogP) is 2.44. The van der Waals surface area contributed by atoms with Crippen molar-refractivity contribution in [3.05, 3.63) is 10.8 Å². The zero-order chi connectivity index (χ0) is 9.14. The number of carbonyl (C=O) groups excluding carboxylic acids is 1. The van der Waals surface area contributed by atoms with E-state index in [1.54, 1.807) is 0 Å². The lowest BCUT2D eigenvalue weighted by atomic mass is 10.0. The molecule has 0 bridgehead atoms. The summed E-state index contributed by atoms with van der Waals surface area (Å²) in [5, 5.41) is -0.301. The summed E-state index contributed by atoms with van der Waals surface area (Å²) in [6.07, 6.45) is 1.28. The van der Waals surface area contributed by atoms with Crippen molar-refractivity contribution < 1.29 is 9.53 Å². The van der Waals surface area contributed by atoms with E-state index in [1.165, 1.54) is 0 Å². The zero-order valence-electron chi connectivity index (χ0n) is 6.77. The summed E-state index contributed by atoms with van der Waals surface area (Å²) in [6.45, 7) is 2.39. The van der Waals surface area contributed by atoms with E-state index in [0.29, 0.717) is 25.2 Å². The summed E-state index contributed by atoms with van der Waals surface area (Å²) in [7, 11) is 0. The minimum absolute atomic E-state index is 0.170. The molecule has 0 unspecified atom stereocenters. The summed E-state index contributed by atoms with van der Waals surface area (Å²) in [5.74, 6) is 0.370. The quantitative estimate of drug-likeness (QED) is 0.653. The number of allylic oxidation sites excluding steroid dienone is 2.